The number of ether oxygens (including phenoxy) is 2. The number of rotatable bonds is 6. The Labute approximate surface area is 116 Å². The van der Waals surface area contributed by atoms with E-state index in [0.717, 1.165) is 0 Å². The molecule has 0 saturated heterocycles. The Balaban J connectivity index is 2.44. The standard InChI is InChI=1S/C13H16N4O3/c1-3-19-9-6-5-8(7-10(9)20-4-2)11-12(13(14)18)16-17-15-11/h5-7H,3-4H2,1-2H3,(H2,14,18)(H,15,16,17). The number of aromatic nitrogens is 3. The van der Waals surface area contributed by atoms with Gasteiger partial charge in [-0.2, -0.15) is 15.4 Å². The van der Waals surface area contributed by atoms with E-state index in [9.17, 15) is 4.79 Å². The number of nitrogens with zero attached hydrogens (tertiary/aromatic N) is 2. The van der Waals surface area contributed by atoms with Crippen molar-refractivity contribution in [3.63, 3.8) is 0 Å². The fraction of sp³-hybridized carbons (Fsp3) is 0.308. The van der Waals surface area contributed by atoms with Crippen molar-refractivity contribution in [2.24, 2.45) is 5.73 Å². The molecule has 0 aliphatic heterocycles. The number of carbonyl (C=O) groups excluding carboxylic acids is 1. The largest absolute Gasteiger partial charge is 0.490 e. The van der Waals surface area contributed by atoms with Gasteiger partial charge >= 0.3 is 0 Å². The summed E-state index contributed by atoms with van der Waals surface area (Å²) in [5.74, 6) is 0.591. The number of hydrogen-bond donors (Lipinski definition) is 2. The lowest BCUT2D eigenvalue weighted by molar-refractivity contribution is 0.0996. The van der Waals surface area contributed by atoms with Crippen LogP contribution in [-0.2, 0) is 0 Å². The summed E-state index contributed by atoms with van der Waals surface area (Å²) in [6.45, 7) is 4.82. The molecule has 7 nitrogen and oxygen atoms in total. The monoisotopic (exact) mass is 276 g/mol. The van der Waals surface area contributed by atoms with E-state index in [0.29, 0.717) is 36.0 Å². The number of benzene rings is 1. The maximum Gasteiger partial charge on any atom is 0.271 e. The van der Waals surface area contributed by atoms with Crippen LogP contribution >= 0.6 is 0 Å². The van der Waals surface area contributed by atoms with Gasteiger partial charge in [0, 0.05) is 5.56 Å². The van der Waals surface area contributed by atoms with E-state index in [4.69, 9.17) is 15.2 Å². The first-order valence-corrected chi connectivity index (χ1v) is 6.28. The van der Waals surface area contributed by atoms with Gasteiger partial charge in [-0.05, 0) is 32.0 Å². The molecule has 3 N–H and O–H groups in total. The lowest BCUT2D eigenvalue weighted by atomic mass is 10.1. The molecule has 0 spiro atoms. The predicted molar refractivity (Wildman–Crippen MR) is 72.7 cm³/mol. The van der Waals surface area contributed by atoms with Crippen LogP contribution < -0.4 is 15.2 Å². The first-order valence-electron chi connectivity index (χ1n) is 6.28. The van der Waals surface area contributed by atoms with Crippen LogP contribution in [0.15, 0.2) is 18.2 Å². The second-order valence-electron chi connectivity index (χ2n) is 3.91. The maximum absolute atomic E-state index is 11.3. The molecule has 0 fully saturated rings. The summed E-state index contributed by atoms with van der Waals surface area (Å²) in [6.07, 6.45) is 0. The molecule has 20 heavy (non-hydrogen) atoms. The van der Waals surface area contributed by atoms with Crippen LogP contribution in [0.5, 0.6) is 11.5 Å². The van der Waals surface area contributed by atoms with Gasteiger partial charge in [-0.25, -0.2) is 0 Å². The van der Waals surface area contributed by atoms with Crippen LogP contribution in [0.25, 0.3) is 11.3 Å². The summed E-state index contributed by atoms with van der Waals surface area (Å²) in [5.41, 5.74) is 6.42. The van der Waals surface area contributed by atoms with E-state index in [1.807, 2.05) is 13.8 Å². The first-order chi connectivity index (χ1) is 9.67. The van der Waals surface area contributed by atoms with E-state index in [1.165, 1.54) is 0 Å². The van der Waals surface area contributed by atoms with E-state index in [-0.39, 0.29) is 5.69 Å². The topological polar surface area (TPSA) is 103 Å². The van der Waals surface area contributed by atoms with Crippen molar-refractivity contribution in [3.05, 3.63) is 23.9 Å². The molecule has 106 valence electrons. The number of amides is 1. The SMILES string of the molecule is CCOc1ccc(-c2n[nH]nc2C(N)=O)cc1OCC. The van der Waals surface area contributed by atoms with Crippen LogP contribution in [0.2, 0.25) is 0 Å². The predicted octanol–water partition coefficient (Wildman–Crippen LogP) is 1.37. The quantitative estimate of drug-likeness (QED) is 0.829. The second kappa shape index (κ2) is 6.05. The van der Waals surface area contributed by atoms with Gasteiger partial charge in [-0.1, -0.05) is 0 Å². The van der Waals surface area contributed by atoms with E-state index >= 15 is 0 Å². The lowest BCUT2D eigenvalue weighted by Gasteiger charge is -2.11. The van der Waals surface area contributed by atoms with Gasteiger partial charge in [0.2, 0.25) is 0 Å². The lowest BCUT2D eigenvalue weighted by Crippen LogP contribution is -2.12. The number of carbonyl (C=O) groups is 1. The average molecular weight is 276 g/mol. The molecular weight excluding hydrogens is 260 g/mol. The average Bonchev–Trinajstić information content (AvgIpc) is 2.91. The highest BCUT2D eigenvalue weighted by Crippen LogP contribution is 2.32. The second-order valence-corrected chi connectivity index (χ2v) is 3.91. The van der Waals surface area contributed by atoms with Crippen molar-refractivity contribution < 1.29 is 14.3 Å². The third kappa shape index (κ3) is 2.71. The van der Waals surface area contributed by atoms with Crippen LogP contribution in [0.4, 0.5) is 0 Å². The van der Waals surface area contributed by atoms with Crippen LogP contribution in [0, 0.1) is 0 Å². The molecule has 2 aromatic rings. The number of nitrogens with one attached hydrogen (secondary N) is 1. The molecule has 0 radical (unpaired) electrons. The Kier molecular flexibility index (Phi) is 4.19. The minimum atomic E-state index is -0.638. The van der Waals surface area contributed by atoms with E-state index in [1.54, 1.807) is 18.2 Å². The van der Waals surface area contributed by atoms with Gasteiger partial charge in [0.1, 0.15) is 5.69 Å². The van der Waals surface area contributed by atoms with Crippen molar-refractivity contribution >= 4 is 5.91 Å². The highest BCUT2D eigenvalue weighted by atomic mass is 16.5. The number of aromatic amines is 1. The highest BCUT2D eigenvalue weighted by molar-refractivity contribution is 5.96. The Morgan fingerprint density at radius 1 is 1.20 bits per heavy atom. The zero-order chi connectivity index (χ0) is 14.5. The normalized spacial score (nSPS) is 10.3. The third-order valence-corrected chi connectivity index (χ3v) is 2.60. The smallest absolute Gasteiger partial charge is 0.271 e. The van der Waals surface area contributed by atoms with Crippen molar-refractivity contribution in [3.8, 4) is 22.8 Å². The highest BCUT2D eigenvalue weighted by Gasteiger charge is 2.17. The fourth-order valence-electron chi connectivity index (χ4n) is 1.80. The molecule has 0 saturated carbocycles. The third-order valence-electron chi connectivity index (χ3n) is 2.60. The van der Waals surface area contributed by atoms with Gasteiger partial charge in [0.25, 0.3) is 5.91 Å². The van der Waals surface area contributed by atoms with Gasteiger partial charge in [0.15, 0.2) is 17.2 Å². The molecule has 0 aliphatic carbocycles. The molecule has 1 amide bonds. The molecule has 7 heteroatoms. The van der Waals surface area contributed by atoms with Crippen LogP contribution in [-0.4, -0.2) is 34.5 Å². The summed E-state index contributed by atoms with van der Waals surface area (Å²) in [5, 5.41) is 10.1. The Morgan fingerprint density at radius 3 is 2.55 bits per heavy atom. The van der Waals surface area contributed by atoms with Crippen LogP contribution in [0.3, 0.4) is 0 Å². The zero-order valence-electron chi connectivity index (χ0n) is 11.3. The number of hydrogen-bond acceptors (Lipinski definition) is 5. The van der Waals surface area contributed by atoms with Crippen molar-refractivity contribution in [1.29, 1.82) is 0 Å². The summed E-state index contributed by atoms with van der Waals surface area (Å²) < 4.78 is 11.0. The van der Waals surface area contributed by atoms with Crippen molar-refractivity contribution in [2.45, 2.75) is 13.8 Å². The molecule has 1 heterocycles. The number of H-pyrrole nitrogens is 1. The molecular formula is C13H16N4O3. The molecule has 0 unspecified atom stereocenters. The Bertz CT molecular complexity index is 609. The minimum absolute atomic E-state index is 0.0941. The molecule has 0 bridgehead atoms. The molecule has 2 rings (SSSR count). The minimum Gasteiger partial charge on any atom is -0.490 e. The number of primary amides is 1. The van der Waals surface area contributed by atoms with Crippen LogP contribution in [0.1, 0.15) is 24.3 Å². The Morgan fingerprint density at radius 2 is 1.90 bits per heavy atom. The van der Waals surface area contributed by atoms with Gasteiger partial charge in [0.05, 0.1) is 13.2 Å². The first kappa shape index (κ1) is 13.9. The maximum atomic E-state index is 11.3. The van der Waals surface area contributed by atoms with Crippen molar-refractivity contribution in [1.82, 2.24) is 15.4 Å². The Hall–Kier alpha value is -2.57. The zero-order valence-corrected chi connectivity index (χ0v) is 11.3. The van der Waals surface area contributed by atoms with E-state index in [2.05, 4.69) is 15.4 Å². The van der Waals surface area contributed by atoms with Gasteiger partial charge in [-0.3, -0.25) is 4.79 Å². The summed E-state index contributed by atoms with van der Waals surface area (Å²) in [4.78, 5) is 11.3. The van der Waals surface area contributed by atoms with Crippen molar-refractivity contribution in [2.75, 3.05) is 13.2 Å². The summed E-state index contributed by atoms with van der Waals surface area (Å²) in [6, 6.07) is 5.29. The molecule has 1 aromatic carbocycles. The summed E-state index contributed by atoms with van der Waals surface area (Å²) in [7, 11) is 0. The number of nitrogens with two attached hydrogens (primary N) is 1. The molecule has 0 aliphatic rings. The van der Waals surface area contributed by atoms with E-state index < -0.39 is 5.91 Å². The molecule has 1 aromatic heterocycles. The van der Waals surface area contributed by atoms with Gasteiger partial charge in [-0.15, -0.1) is 0 Å². The fourth-order valence-corrected chi connectivity index (χ4v) is 1.80. The summed E-state index contributed by atoms with van der Waals surface area (Å²) >= 11 is 0. The van der Waals surface area contributed by atoms with Gasteiger partial charge < -0.3 is 15.2 Å². The molecule has 0 atom stereocenters.